The smallest absolute Gasteiger partial charge is 0.255 e. The van der Waals surface area contributed by atoms with E-state index >= 15 is 0 Å². The normalized spacial score (nSPS) is 16.6. The van der Waals surface area contributed by atoms with Crippen LogP contribution in [0.1, 0.15) is 27.7 Å². The Morgan fingerprint density at radius 3 is 2.82 bits per heavy atom. The van der Waals surface area contributed by atoms with Crippen LogP contribution < -0.4 is 15.5 Å². The molecule has 1 unspecified atom stereocenters. The predicted molar refractivity (Wildman–Crippen MR) is 107 cm³/mol. The third kappa shape index (κ3) is 4.15. The fraction of sp³-hybridized carbons (Fsp3) is 0.238. The first-order valence-corrected chi connectivity index (χ1v) is 9.32. The molecule has 0 saturated carbocycles. The Morgan fingerprint density at radius 1 is 1.11 bits per heavy atom. The van der Waals surface area contributed by atoms with Crippen molar-refractivity contribution in [3.8, 4) is 0 Å². The second kappa shape index (κ2) is 8.58. The van der Waals surface area contributed by atoms with E-state index in [9.17, 15) is 4.79 Å². The highest BCUT2D eigenvalue weighted by atomic mass is 16.1. The number of rotatable bonds is 5. The van der Waals surface area contributed by atoms with Gasteiger partial charge in [0, 0.05) is 44.3 Å². The number of carbonyl (C=O) groups is 1. The molecule has 0 spiro atoms. The van der Waals surface area contributed by atoms with Gasteiger partial charge in [0.1, 0.15) is 5.82 Å². The molecule has 7 heteroatoms. The van der Waals surface area contributed by atoms with Crippen LogP contribution in [0.15, 0.2) is 67.3 Å². The number of pyridine rings is 1. The average Bonchev–Trinajstić information content (AvgIpc) is 2.79. The highest BCUT2D eigenvalue weighted by molar-refractivity contribution is 5.98. The molecule has 1 aliphatic heterocycles. The molecular weight excluding hydrogens is 352 g/mol. The number of hydrogen-bond acceptors (Lipinski definition) is 6. The molecule has 1 fully saturated rings. The summed E-state index contributed by atoms with van der Waals surface area (Å²) < 4.78 is 0. The molecule has 4 rings (SSSR count). The summed E-state index contributed by atoms with van der Waals surface area (Å²) in [6, 6.07) is 14.1. The van der Waals surface area contributed by atoms with Crippen molar-refractivity contribution in [2.75, 3.05) is 24.5 Å². The quantitative estimate of drug-likeness (QED) is 0.710. The van der Waals surface area contributed by atoms with Gasteiger partial charge in [-0.15, -0.1) is 0 Å². The topological polar surface area (TPSA) is 83.0 Å². The molecule has 0 bridgehead atoms. The van der Waals surface area contributed by atoms with Gasteiger partial charge in [-0.3, -0.25) is 14.8 Å². The van der Waals surface area contributed by atoms with Crippen LogP contribution in [0, 0.1) is 0 Å². The summed E-state index contributed by atoms with van der Waals surface area (Å²) in [4.78, 5) is 27.7. The van der Waals surface area contributed by atoms with Crippen LogP contribution in [0.3, 0.4) is 0 Å². The molecule has 1 atom stereocenters. The monoisotopic (exact) mass is 374 g/mol. The van der Waals surface area contributed by atoms with Crippen LogP contribution >= 0.6 is 0 Å². The van der Waals surface area contributed by atoms with Gasteiger partial charge in [0.25, 0.3) is 5.91 Å². The van der Waals surface area contributed by atoms with Crippen molar-refractivity contribution in [2.24, 2.45) is 0 Å². The fourth-order valence-corrected chi connectivity index (χ4v) is 3.36. The van der Waals surface area contributed by atoms with Crippen molar-refractivity contribution in [1.29, 1.82) is 0 Å². The minimum Gasteiger partial charge on any atom is -0.353 e. The Balaban J connectivity index is 1.50. The van der Waals surface area contributed by atoms with E-state index in [4.69, 9.17) is 0 Å². The van der Waals surface area contributed by atoms with Crippen molar-refractivity contribution in [2.45, 2.75) is 12.6 Å². The minimum atomic E-state index is -0.163. The van der Waals surface area contributed by atoms with E-state index in [-0.39, 0.29) is 11.9 Å². The molecule has 0 radical (unpaired) electrons. The Bertz CT molecular complexity index is 918. The lowest BCUT2D eigenvalue weighted by atomic mass is 10.0. The van der Waals surface area contributed by atoms with Crippen LogP contribution in [0.4, 0.5) is 5.82 Å². The molecule has 0 aliphatic carbocycles. The number of anilines is 1. The van der Waals surface area contributed by atoms with E-state index in [1.807, 2.05) is 24.3 Å². The van der Waals surface area contributed by atoms with E-state index in [2.05, 4.69) is 42.6 Å². The third-order valence-corrected chi connectivity index (χ3v) is 4.75. The van der Waals surface area contributed by atoms with Crippen molar-refractivity contribution in [3.63, 3.8) is 0 Å². The van der Waals surface area contributed by atoms with Crippen LogP contribution in [0.5, 0.6) is 0 Å². The van der Waals surface area contributed by atoms with Gasteiger partial charge >= 0.3 is 0 Å². The molecule has 1 aliphatic rings. The molecular formula is C21H22N6O. The Hall–Kier alpha value is -3.32. The first-order chi connectivity index (χ1) is 13.8. The maximum atomic E-state index is 12.8. The summed E-state index contributed by atoms with van der Waals surface area (Å²) in [5.41, 5.74) is 2.52. The fourth-order valence-electron chi connectivity index (χ4n) is 3.36. The van der Waals surface area contributed by atoms with Gasteiger partial charge in [-0.25, -0.2) is 4.98 Å². The van der Waals surface area contributed by atoms with E-state index in [0.717, 1.165) is 19.6 Å². The van der Waals surface area contributed by atoms with Crippen LogP contribution in [-0.4, -0.2) is 40.5 Å². The van der Waals surface area contributed by atoms with Gasteiger partial charge in [0.05, 0.1) is 24.0 Å². The number of nitrogens with zero attached hydrogens (tertiary/aromatic N) is 4. The molecule has 1 amide bonds. The van der Waals surface area contributed by atoms with Crippen molar-refractivity contribution < 1.29 is 4.79 Å². The average molecular weight is 374 g/mol. The standard InChI is InChI=1S/C21H22N6O/c28-21(26-14-17-13-22-9-10-23-17)18-7-4-8-25-20(18)27-12-11-24-19(15-27)16-5-2-1-3-6-16/h1-10,13,19,24H,11-12,14-15H2,(H,26,28). The van der Waals surface area contributed by atoms with Crippen molar-refractivity contribution in [1.82, 2.24) is 25.6 Å². The summed E-state index contributed by atoms with van der Waals surface area (Å²) in [5.74, 6) is 0.546. The largest absolute Gasteiger partial charge is 0.353 e. The maximum absolute atomic E-state index is 12.8. The molecule has 2 aromatic heterocycles. The molecule has 7 nitrogen and oxygen atoms in total. The number of nitrogens with one attached hydrogen (secondary N) is 2. The first-order valence-electron chi connectivity index (χ1n) is 9.32. The summed E-state index contributed by atoms with van der Waals surface area (Å²) in [7, 11) is 0. The van der Waals surface area contributed by atoms with Crippen LogP contribution in [-0.2, 0) is 6.54 Å². The van der Waals surface area contributed by atoms with Gasteiger partial charge in [-0.05, 0) is 17.7 Å². The Labute approximate surface area is 163 Å². The number of hydrogen-bond donors (Lipinski definition) is 2. The Morgan fingerprint density at radius 2 is 2.00 bits per heavy atom. The molecule has 28 heavy (non-hydrogen) atoms. The number of piperazine rings is 1. The zero-order chi connectivity index (χ0) is 19.2. The van der Waals surface area contributed by atoms with Crippen LogP contribution in [0.25, 0.3) is 0 Å². The summed E-state index contributed by atoms with van der Waals surface area (Å²) in [5, 5.41) is 6.46. The maximum Gasteiger partial charge on any atom is 0.255 e. The SMILES string of the molecule is O=C(NCc1cnccn1)c1cccnc1N1CCNC(c2ccccc2)C1. The highest BCUT2D eigenvalue weighted by Crippen LogP contribution is 2.23. The van der Waals surface area contributed by atoms with Gasteiger partial charge in [-0.1, -0.05) is 30.3 Å². The molecule has 3 aromatic rings. The zero-order valence-electron chi connectivity index (χ0n) is 15.5. The zero-order valence-corrected chi connectivity index (χ0v) is 15.5. The summed E-state index contributed by atoms with van der Waals surface area (Å²) >= 11 is 0. The molecule has 2 N–H and O–H groups in total. The van der Waals surface area contributed by atoms with Crippen molar-refractivity contribution >= 4 is 11.7 Å². The highest BCUT2D eigenvalue weighted by Gasteiger charge is 2.25. The van der Waals surface area contributed by atoms with Gasteiger partial charge in [-0.2, -0.15) is 0 Å². The molecule has 1 saturated heterocycles. The van der Waals surface area contributed by atoms with Gasteiger partial charge in [0.2, 0.25) is 0 Å². The van der Waals surface area contributed by atoms with Crippen molar-refractivity contribution in [3.05, 3.63) is 84.1 Å². The molecule has 142 valence electrons. The van der Waals surface area contributed by atoms with E-state index in [1.54, 1.807) is 30.9 Å². The predicted octanol–water partition coefficient (Wildman–Crippen LogP) is 1.95. The lowest BCUT2D eigenvalue weighted by Gasteiger charge is -2.35. The van der Waals surface area contributed by atoms with Crippen LogP contribution in [0.2, 0.25) is 0 Å². The number of carbonyl (C=O) groups excluding carboxylic acids is 1. The van der Waals surface area contributed by atoms with E-state index in [0.29, 0.717) is 23.6 Å². The van der Waals surface area contributed by atoms with Gasteiger partial charge < -0.3 is 15.5 Å². The lowest BCUT2D eigenvalue weighted by molar-refractivity contribution is 0.0950. The lowest BCUT2D eigenvalue weighted by Crippen LogP contribution is -2.46. The number of amides is 1. The second-order valence-electron chi connectivity index (χ2n) is 6.62. The van der Waals surface area contributed by atoms with Gasteiger partial charge in [0.15, 0.2) is 0 Å². The number of aromatic nitrogens is 3. The summed E-state index contributed by atoms with van der Waals surface area (Å²) in [6.07, 6.45) is 6.60. The Kier molecular flexibility index (Phi) is 5.53. The number of benzene rings is 1. The minimum absolute atomic E-state index is 0.163. The molecule has 1 aromatic carbocycles. The summed E-state index contributed by atoms with van der Waals surface area (Å²) in [6.45, 7) is 2.71. The van der Waals surface area contributed by atoms with E-state index < -0.39 is 0 Å². The molecule has 3 heterocycles. The third-order valence-electron chi connectivity index (χ3n) is 4.75. The van der Waals surface area contributed by atoms with E-state index in [1.165, 1.54) is 5.56 Å². The second-order valence-corrected chi connectivity index (χ2v) is 6.62. The first kappa shape index (κ1) is 18.1.